The molecule has 0 aliphatic rings. The van der Waals surface area contributed by atoms with Crippen LogP contribution in [0.15, 0.2) is 82.8 Å². The number of thiazole rings is 1. The average Bonchev–Trinajstić information content (AvgIpc) is 3.43. The number of aromatic nitrogens is 2. The van der Waals surface area contributed by atoms with Crippen molar-refractivity contribution >= 4 is 23.2 Å². The van der Waals surface area contributed by atoms with Gasteiger partial charge in [0, 0.05) is 35.6 Å². The van der Waals surface area contributed by atoms with E-state index < -0.39 is 5.91 Å². The molecule has 0 saturated carbocycles. The van der Waals surface area contributed by atoms with Gasteiger partial charge in [-0.25, -0.2) is 0 Å². The Balaban J connectivity index is 1.57. The monoisotopic (exact) mass is 432 g/mol. The molecule has 0 spiro atoms. The largest absolute Gasteiger partial charge is 0.459 e. The third kappa shape index (κ3) is 5.04. The summed E-state index contributed by atoms with van der Waals surface area (Å²) >= 11 is 1.41. The molecule has 0 saturated heterocycles. The second kappa shape index (κ2) is 9.36. The number of carbonyl (C=O) groups is 2. The molecule has 3 heterocycles. The summed E-state index contributed by atoms with van der Waals surface area (Å²) < 4.78 is 7.01. The van der Waals surface area contributed by atoms with Crippen LogP contribution in [-0.4, -0.2) is 21.4 Å². The standard InChI is InChI=1S/C23H20N4O3S/c1-16-14-27(23(31-16)26-22(29)20-7-4-12-30-20)15-18-5-2-3-6-19(18)21(28)25-13-17-8-10-24-11-9-17/h2-12,14H,13,15H2,1H3,(H,25,28). The third-order valence-electron chi connectivity index (χ3n) is 4.57. The van der Waals surface area contributed by atoms with Crippen molar-refractivity contribution in [1.29, 1.82) is 0 Å². The van der Waals surface area contributed by atoms with Crippen LogP contribution in [0.2, 0.25) is 0 Å². The highest BCUT2D eigenvalue weighted by molar-refractivity contribution is 7.09. The number of nitrogens with zero attached hydrogens (tertiary/aromatic N) is 3. The number of carbonyl (C=O) groups excluding carboxylic acids is 2. The van der Waals surface area contributed by atoms with Crippen LogP contribution >= 0.6 is 11.3 Å². The number of furan rings is 1. The second-order valence-electron chi connectivity index (χ2n) is 6.84. The Kier molecular flexibility index (Phi) is 6.18. The molecule has 0 bridgehead atoms. The Hall–Kier alpha value is -3.78. The SMILES string of the molecule is Cc1cn(Cc2ccccc2C(=O)NCc2ccncc2)c(=NC(=O)c2ccco2)s1. The van der Waals surface area contributed by atoms with E-state index in [9.17, 15) is 9.59 Å². The molecule has 1 aromatic carbocycles. The van der Waals surface area contributed by atoms with Gasteiger partial charge in [0.2, 0.25) is 0 Å². The Bertz CT molecular complexity index is 1260. The minimum Gasteiger partial charge on any atom is -0.459 e. The lowest BCUT2D eigenvalue weighted by Gasteiger charge is -2.11. The molecule has 0 aliphatic heterocycles. The van der Waals surface area contributed by atoms with Gasteiger partial charge in [0.05, 0.1) is 12.8 Å². The molecule has 4 aromatic rings. The van der Waals surface area contributed by atoms with E-state index in [0.29, 0.717) is 23.5 Å². The van der Waals surface area contributed by atoms with E-state index in [1.807, 2.05) is 48.0 Å². The molecule has 0 fully saturated rings. The smallest absolute Gasteiger partial charge is 0.315 e. The van der Waals surface area contributed by atoms with Crippen molar-refractivity contribution in [1.82, 2.24) is 14.9 Å². The van der Waals surface area contributed by atoms with Crippen LogP contribution in [0.1, 0.15) is 36.9 Å². The molecule has 0 atom stereocenters. The first-order valence-electron chi connectivity index (χ1n) is 9.64. The van der Waals surface area contributed by atoms with Crippen molar-refractivity contribution < 1.29 is 14.0 Å². The summed E-state index contributed by atoms with van der Waals surface area (Å²) in [5.74, 6) is -0.414. The van der Waals surface area contributed by atoms with Gasteiger partial charge in [-0.3, -0.25) is 14.6 Å². The normalized spacial score (nSPS) is 11.5. The molecule has 0 unspecified atom stereocenters. The number of nitrogens with one attached hydrogen (secondary N) is 1. The maximum absolute atomic E-state index is 12.8. The van der Waals surface area contributed by atoms with Crippen molar-refractivity contribution in [2.75, 3.05) is 0 Å². The first kappa shape index (κ1) is 20.5. The zero-order valence-corrected chi connectivity index (χ0v) is 17.6. The fraction of sp³-hybridized carbons (Fsp3) is 0.130. The minimum atomic E-state index is -0.441. The van der Waals surface area contributed by atoms with E-state index in [1.54, 1.807) is 30.6 Å². The van der Waals surface area contributed by atoms with Crippen molar-refractivity contribution in [3.8, 4) is 0 Å². The van der Waals surface area contributed by atoms with Gasteiger partial charge in [0.15, 0.2) is 10.6 Å². The Morgan fingerprint density at radius 3 is 2.71 bits per heavy atom. The van der Waals surface area contributed by atoms with E-state index in [4.69, 9.17) is 4.42 Å². The topological polar surface area (TPSA) is 89.5 Å². The van der Waals surface area contributed by atoms with Crippen LogP contribution in [0.25, 0.3) is 0 Å². The van der Waals surface area contributed by atoms with E-state index >= 15 is 0 Å². The number of rotatable bonds is 6. The van der Waals surface area contributed by atoms with Crippen LogP contribution in [0.3, 0.4) is 0 Å². The van der Waals surface area contributed by atoms with E-state index in [0.717, 1.165) is 16.0 Å². The van der Waals surface area contributed by atoms with Crippen LogP contribution in [0.4, 0.5) is 0 Å². The van der Waals surface area contributed by atoms with Gasteiger partial charge in [0.25, 0.3) is 5.91 Å². The summed E-state index contributed by atoms with van der Waals surface area (Å²) in [5.41, 5.74) is 2.39. The second-order valence-corrected chi connectivity index (χ2v) is 8.06. The van der Waals surface area contributed by atoms with Crippen LogP contribution in [0, 0.1) is 6.92 Å². The van der Waals surface area contributed by atoms with E-state index in [-0.39, 0.29) is 11.7 Å². The first-order chi connectivity index (χ1) is 15.1. The lowest BCUT2D eigenvalue weighted by Crippen LogP contribution is -2.25. The highest BCUT2D eigenvalue weighted by atomic mass is 32.1. The Labute approximate surface area is 182 Å². The molecule has 31 heavy (non-hydrogen) atoms. The van der Waals surface area contributed by atoms with Gasteiger partial charge in [0.1, 0.15) is 0 Å². The lowest BCUT2D eigenvalue weighted by atomic mass is 10.1. The molecular formula is C23H20N4O3S. The maximum atomic E-state index is 12.8. The molecule has 7 nitrogen and oxygen atoms in total. The summed E-state index contributed by atoms with van der Waals surface area (Å²) in [6, 6.07) is 14.4. The fourth-order valence-corrected chi connectivity index (χ4v) is 3.92. The first-order valence-corrected chi connectivity index (χ1v) is 10.5. The van der Waals surface area contributed by atoms with Crippen LogP contribution < -0.4 is 10.1 Å². The Morgan fingerprint density at radius 2 is 1.94 bits per heavy atom. The lowest BCUT2D eigenvalue weighted by molar-refractivity contribution is 0.0946. The summed E-state index contributed by atoms with van der Waals surface area (Å²) in [6.45, 7) is 2.77. The number of amides is 2. The van der Waals surface area contributed by atoms with Gasteiger partial charge in [-0.15, -0.1) is 11.3 Å². The predicted octanol–water partition coefficient (Wildman–Crippen LogP) is 3.57. The number of hydrogen-bond acceptors (Lipinski definition) is 5. The maximum Gasteiger partial charge on any atom is 0.315 e. The minimum absolute atomic E-state index is 0.162. The zero-order valence-electron chi connectivity index (χ0n) is 16.8. The van der Waals surface area contributed by atoms with Gasteiger partial charge < -0.3 is 14.3 Å². The van der Waals surface area contributed by atoms with Crippen LogP contribution in [0.5, 0.6) is 0 Å². The summed E-state index contributed by atoms with van der Waals surface area (Å²) in [4.78, 5) is 34.9. The van der Waals surface area contributed by atoms with E-state index in [2.05, 4.69) is 15.3 Å². The molecule has 2 amide bonds. The summed E-state index contributed by atoms with van der Waals surface area (Å²) in [6.07, 6.45) is 6.75. The molecular weight excluding hydrogens is 412 g/mol. The van der Waals surface area contributed by atoms with Gasteiger partial charge in [-0.05, 0) is 48.4 Å². The van der Waals surface area contributed by atoms with Crippen LogP contribution in [-0.2, 0) is 13.1 Å². The van der Waals surface area contributed by atoms with Gasteiger partial charge >= 0.3 is 5.91 Å². The average molecular weight is 433 g/mol. The predicted molar refractivity (Wildman–Crippen MR) is 117 cm³/mol. The highest BCUT2D eigenvalue weighted by Gasteiger charge is 2.13. The number of pyridine rings is 1. The zero-order chi connectivity index (χ0) is 21.6. The van der Waals surface area contributed by atoms with E-state index in [1.165, 1.54) is 17.6 Å². The van der Waals surface area contributed by atoms with Gasteiger partial charge in [-0.2, -0.15) is 4.99 Å². The number of aryl methyl sites for hydroxylation is 1. The molecule has 4 rings (SSSR count). The highest BCUT2D eigenvalue weighted by Crippen LogP contribution is 2.13. The van der Waals surface area contributed by atoms with Crippen molar-refractivity contribution in [3.63, 3.8) is 0 Å². The van der Waals surface area contributed by atoms with Gasteiger partial charge in [-0.1, -0.05) is 18.2 Å². The molecule has 156 valence electrons. The molecule has 0 radical (unpaired) electrons. The fourth-order valence-electron chi connectivity index (χ4n) is 3.09. The molecule has 8 heteroatoms. The van der Waals surface area contributed by atoms with Crippen molar-refractivity contribution in [2.45, 2.75) is 20.0 Å². The third-order valence-corrected chi connectivity index (χ3v) is 5.51. The quantitative estimate of drug-likeness (QED) is 0.504. The number of benzene rings is 1. The summed E-state index contributed by atoms with van der Waals surface area (Å²) in [5, 5.41) is 2.95. The summed E-state index contributed by atoms with van der Waals surface area (Å²) in [7, 11) is 0. The molecule has 0 aliphatic carbocycles. The van der Waals surface area contributed by atoms with Crippen molar-refractivity contribution in [3.05, 3.63) is 106 Å². The molecule has 3 aromatic heterocycles. The molecule has 1 N–H and O–H groups in total. The van der Waals surface area contributed by atoms with Crippen molar-refractivity contribution in [2.24, 2.45) is 4.99 Å². The number of hydrogen-bond donors (Lipinski definition) is 1. The Morgan fingerprint density at radius 1 is 1.13 bits per heavy atom.